The van der Waals surface area contributed by atoms with Crippen LogP contribution in [-0.4, -0.2) is 12.1 Å². The van der Waals surface area contributed by atoms with Crippen molar-refractivity contribution in [2.75, 3.05) is 0 Å². The molecular formula is C18H34O2. The quantitative estimate of drug-likeness (QED) is 0.662. The third-order valence-electron chi connectivity index (χ3n) is 5.93. The first-order chi connectivity index (χ1) is 9.09. The highest BCUT2D eigenvalue weighted by Gasteiger charge is 2.41. The molecule has 0 aromatic carbocycles. The van der Waals surface area contributed by atoms with Gasteiger partial charge >= 0.3 is 5.97 Å². The van der Waals surface area contributed by atoms with E-state index in [1.54, 1.807) is 0 Å². The molecule has 0 saturated heterocycles. The molecule has 118 valence electrons. The van der Waals surface area contributed by atoms with Gasteiger partial charge in [0.15, 0.2) is 0 Å². The van der Waals surface area contributed by atoms with Crippen LogP contribution in [0.25, 0.3) is 0 Å². The van der Waals surface area contributed by atoms with Crippen molar-refractivity contribution in [2.24, 2.45) is 22.7 Å². The number of hydrogen-bond donors (Lipinski definition) is 0. The van der Waals surface area contributed by atoms with Crippen molar-refractivity contribution < 1.29 is 9.53 Å². The van der Waals surface area contributed by atoms with Gasteiger partial charge in [0.05, 0.1) is 5.92 Å². The Morgan fingerprint density at radius 1 is 1.10 bits per heavy atom. The van der Waals surface area contributed by atoms with Crippen molar-refractivity contribution in [1.82, 2.24) is 0 Å². The lowest BCUT2D eigenvalue weighted by atomic mass is 9.58. The molecule has 0 aliphatic heterocycles. The van der Waals surface area contributed by atoms with Crippen LogP contribution in [0.4, 0.5) is 0 Å². The molecule has 0 aromatic heterocycles. The minimum atomic E-state index is -0.00830. The number of carbonyl (C=O) groups is 1. The molecule has 0 aromatic rings. The van der Waals surface area contributed by atoms with Crippen LogP contribution in [0.5, 0.6) is 0 Å². The van der Waals surface area contributed by atoms with Gasteiger partial charge in [-0.05, 0) is 48.9 Å². The molecule has 0 amide bonds. The summed E-state index contributed by atoms with van der Waals surface area (Å²) in [6.45, 7) is 15.8. The van der Waals surface area contributed by atoms with Crippen LogP contribution in [-0.2, 0) is 9.53 Å². The number of ether oxygens (including phenoxy) is 1. The van der Waals surface area contributed by atoms with E-state index in [1.807, 2.05) is 13.8 Å². The van der Waals surface area contributed by atoms with Gasteiger partial charge in [0.1, 0.15) is 6.10 Å². The van der Waals surface area contributed by atoms with Crippen LogP contribution < -0.4 is 0 Å². The molecule has 0 bridgehead atoms. The molecule has 1 unspecified atom stereocenters. The smallest absolute Gasteiger partial charge is 0.308 e. The van der Waals surface area contributed by atoms with Gasteiger partial charge in [0.25, 0.3) is 0 Å². The maximum absolute atomic E-state index is 11.9. The zero-order valence-electron chi connectivity index (χ0n) is 14.6. The van der Waals surface area contributed by atoms with Crippen LogP contribution in [0.3, 0.4) is 0 Å². The predicted octanol–water partition coefficient (Wildman–Crippen LogP) is 5.21. The van der Waals surface area contributed by atoms with E-state index in [1.165, 1.54) is 12.8 Å². The molecule has 0 heterocycles. The number of rotatable bonds is 4. The normalized spacial score (nSPS) is 26.1. The molecule has 1 atom stereocenters. The highest BCUT2D eigenvalue weighted by molar-refractivity contribution is 5.72. The van der Waals surface area contributed by atoms with Gasteiger partial charge in [-0.25, -0.2) is 0 Å². The SMILES string of the molecule is CCC(C)C(=O)OC1CCC(C(C)(C)C(C)(C)C)CC1. The Bertz CT molecular complexity index is 317. The van der Waals surface area contributed by atoms with Crippen molar-refractivity contribution in [3.8, 4) is 0 Å². The molecule has 0 N–H and O–H groups in total. The van der Waals surface area contributed by atoms with Gasteiger partial charge in [-0.2, -0.15) is 0 Å². The Kier molecular flexibility index (Phi) is 5.69. The number of esters is 1. The van der Waals surface area contributed by atoms with Gasteiger partial charge in [0, 0.05) is 0 Å². The summed E-state index contributed by atoms with van der Waals surface area (Å²) in [6, 6.07) is 0. The average molecular weight is 282 g/mol. The topological polar surface area (TPSA) is 26.3 Å². The first kappa shape index (κ1) is 17.5. The second-order valence-corrected chi connectivity index (χ2v) is 8.19. The standard InChI is InChI=1S/C18H34O2/c1-8-13(2)16(19)20-15-11-9-14(10-12-15)18(6,7)17(3,4)5/h13-15H,8-12H2,1-7H3. The second-order valence-electron chi connectivity index (χ2n) is 8.19. The van der Waals surface area contributed by atoms with E-state index >= 15 is 0 Å². The molecule has 1 aliphatic carbocycles. The number of hydrogen-bond acceptors (Lipinski definition) is 2. The molecule has 0 spiro atoms. The fraction of sp³-hybridized carbons (Fsp3) is 0.944. The summed E-state index contributed by atoms with van der Waals surface area (Å²) < 4.78 is 5.65. The molecule has 20 heavy (non-hydrogen) atoms. The zero-order chi connectivity index (χ0) is 15.6. The van der Waals surface area contributed by atoms with Gasteiger partial charge in [-0.3, -0.25) is 4.79 Å². The average Bonchev–Trinajstić information content (AvgIpc) is 2.37. The van der Waals surface area contributed by atoms with E-state index in [4.69, 9.17) is 4.74 Å². The Hall–Kier alpha value is -0.530. The molecule has 1 rings (SSSR count). The van der Waals surface area contributed by atoms with Crippen molar-refractivity contribution in [1.29, 1.82) is 0 Å². The first-order valence-corrected chi connectivity index (χ1v) is 8.30. The fourth-order valence-electron chi connectivity index (χ4n) is 2.96. The largest absolute Gasteiger partial charge is 0.462 e. The molecule has 1 aliphatic rings. The van der Waals surface area contributed by atoms with Crippen LogP contribution in [0, 0.1) is 22.7 Å². The summed E-state index contributed by atoms with van der Waals surface area (Å²) in [7, 11) is 0. The summed E-state index contributed by atoms with van der Waals surface area (Å²) in [4.78, 5) is 11.9. The molecule has 0 radical (unpaired) electrons. The maximum Gasteiger partial charge on any atom is 0.308 e. The Labute approximate surface area is 125 Å². The van der Waals surface area contributed by atoms with Gasteiger partial charge in [0.2, 0.25) is 0 Å². The van der Waals surface area contributed by atoms with Crippen molar-refractivity contribution >= 4 is 5.97 Å². The summed E-state index contributed by atoms with van der Waals surface area (Å²) in [5.74, 6) is 0.769. The van der Waals surface area contributed by atoms with E-state index in [9.17, 15) is 4.79 Å². The highest BCUT2D eigenvalue weighted by atomic mass is 16.5. The minimum absolute atomic E-state index is 0.00830. The van der Waals surface area contributed by atoms with E-state index in [0.717, 1.165) is 25.2 Å². The van der Waals surface area contributed by atoms with E-state index < -0.39 is 0 Å². The van der Waals surface area contributed by atoms with E-state index in [0.29, 0.717) is 10.8 Å². The van der Waals surface area contributed by atoms with Crippen molar-refractivity contribution in [2.45, 2.75) is 86.7 Å². The molecule has 2 heteroatoms. The summed E-state index contributed by atoms with van der Waals surface area (Å²) in [6.07, 6.45) is 5.46. The van der Waals surface area contributed by atoms with E-state index in [2.05, 4.69) is 34.6 Å². The zero-order valence-corrected chi connectivity index (χ0v) is 14.6. The lowest BCUT2D eigenvalue weighted by molar-refractivity contribution is -0.156. The first-order valence-electron chi connectivity index (χ1n) is 8.30. The Morgan fingerprint density at radius 2 is 1.60 bits per heavy atom. The van der Waals surface area contributed by atoms with Gasteiger partial charge in [-0.1, -0.05) is 48.5 Å². The molecule has 2 nitrogen and oxygen atoms in total. The predicted molar refractivity (Wildman–Crippen MR) is 84.5 cm³/mol. The Balaban J connectivity index is 2.50. The lowest BCUT2D eigenvalue weighted by Crippen LogP contribution is -2.40. The van der Waals surface area contributed by atoms with Crippen molar-refractivity contribution in [3.05, 3.63) is 0 Å². The van der Waals surface area contributed by atoms with Crippen LogP contribution in [0.1, 0.15) is 80.6 Å². The summed E-state index contributed by atoms with van der Waals surface area (Å²) >= 11 is 0. The van der Waals surface area contributed by atoms with E-state index in [-0.39, 0.29) is 18.0 Å². The molecule has 1 saturated carbocycles. The molecular weight excluding hydrogens is 248 g/mol. The Morgan fingerprint density at radius 3 is 2.00 bits per heavy atom. The van der Waals surface area contributed by atoms with Gasteiger partial charge < -0.3 is 4.74 Å². The van der Waals surface area contributed by atoms with Crippen molar-refractivity contribution in [3.63, 3.8) is 0 Å². The second kappa shape index (κ2) is 6.49. The maximum atomic E-state index is 11.9. The highest BCUT2D eigenvalue weighted by Crippen LogP contribution is 2.49. The third-order valence-corrected chi connectivity index (χ3v) is 5.93. The number of carbonyl (C=O) groups excluding carboxylic acids is 1. The summed E-state index contributed by atoms with van der Waals surface area (Å²) in [5.41, 5.74) is 0.649. The van der Waals surface area contributed by atoms with Crippen LogP contribution in [0.15, 0.2) is 0 Å². The monoisotopic (exact) mass is 282 g/mol. The van der Waals surface area contributed by atoms with Gasteiger partial charge in [-0.15, -0.1) is 0 Å². The lowest BCUT2D eigenvalue weighted by Gasteiger charge is -2.47. The minimum Gasteiger partial charge on any atom is -0.462 e. The fourth-order valence-corrected chi connectivity index (χ4v) is 2.96. The summed E-state index contributed by atoms with van der Waals surface area (Å²) in [5, 5.41) is 0. The third kappa shape index (κ3) is 3.99. The van der Waals surface area contributed by atoms with Crippen LogP contribution >= 0.6 is 0 Å². The molecule has 1 fully saturated rings. The van der Waals surface area contributed by atoms with Crippen LogP contribution in [0.2, 0.25) is 0 Å².